The lowest BCUT2D eigenvalue weighted by molar-refractivity contribution is -0.401. The molecule has 1 atom stereocenters. The fourth-order valence-corrected chi connectivity index (χ4v) is 6.38. The van der Waals surface area contributed by atoms with Gasteiger partial charge in [-0.3, -0.25) is 0 Å². The molecule has 1 saturated carbocycles. The van der Waals surface area contributed by atoms with E-state index in [4.69, 9.17) is 23.2 Å². The number of halogens is 2. The number of para-hydroxylation sites is 2. The van der Waals surface area contributed by atoms with E-state index < -0.39 is 4.33 Å². The van der Waals surface area contributed by atoms with Crippen LogP contribution < -0.4 is 4.90 Å². The highest BCUT2D eigenvalue weighted by atomic mass is 35.5. The third-order valence-corrected chi connectivity index (χ3v) is 8.81. The van der Waals surface area contributed by atoms with Gasteiger partial charge in [0, 0.05) is 47.5 Å². The maximum atomic E-state index is 6.55. The molecule has 1 aliphatic carbocycles. The molecule has 2 nitrogen and oxygen atoms in total. The Morgan fingerprint density at radius 3 is 2.21 bits per heavy atom. The maximum absolute atomic E-state index is 6.55. The minimum Gasteiger partial charge on any atom is -0.347 e. The molecule has 0 amide bonds. The largest absolute Gasteiger partial charge is 0.347 e. The van der Waals surface area contributed by atoms with Crippen LogP contribution in [-0.4, -0.2) is 28.7 Å². The number of hydrogen-bond donors (Lipinski definition) is 0. The third kappa shape index (κ3) is 3.58. The summed E-state index contributed by atoms with van der Waals surface area (Å²) in [5, 5.41) is 0. The second-order valence-corrected chi connectivity index (χ2v) is 12.4. The summed E-state index contributed by atoms with van der Waals surface area (Å²) in [4.78, 5) is 2.30. The van der Waals surface area contributed by atoms with Crippen molar-refractivity contribution in [3.8, 4) is 0 Å². The van der Waals surface area contributed by atoms with Gasteiger partial charge in [-0.2, -0.15) is 4.58 Å². The van der Waals surface area contributed by atoms with E-state index in [0.29, 0.717) is 0 Å². The summed E-state index contributed by atoms with van der Waals surface area (Å²) in [5.41, 5.74) is 8.82. The normalized spacial score (nSPS) is 25.3. The minimum absolute atomic E-state index is 0.0662. The molecular formula is C30H33Cl2N2+. The molecule has 2 aromatic rings. The highest BCUT2D eigenvalue weighted by Crippen LogP contribution is 2.57. The summed E-state index contributed by atoms with van der Waals surface area (Å²) in [5.74, 6) is 0.138. The SMILES string of the molecule is CN1/C(=C/C=C(/C=C/C2=[N+](C)c3ccccc3C2(C)C)C2CC2(Cl)Cl)C(C)(C)c2ccccc21. The monoisotopic (exact) mass is 491 g/mol. The number of rotatable bonds is 4. The number of benzene rings is 2. The molecule has 5 rings (SSSR count). The summed E-state index contributed by atoms with van der Waals surface area (Å²) >= 11 is 13.1. The first-order valence-corrected chi connectivity index (χ1v) is 12.7. The molecule has 0 N–H and O–H groups in total. The van der Waals surface area contributed by atoms with Crippen LogP contribution in [0.2, 0.25) is 0 Å². The second-order valence-electron chi connectivity index (χ2n) is 10.9. The van der Waals surface area contributed by atoms with Gasteiger partial charge in [0.05, 0.1) is 5.41 Å². The molecule has 0 bridgehead atoms. The van der Waals surface area contributed by atoms with E-state index in [0.717, 1.165) is 6.42 Å². The molecule has 0 spiro atoms. The minimum atomic E-state index is -0.681. The van der Waals surface area contributed by atoms with Crippen molar-refractivity contribution < 1.29 is 4.58 Å². The van der Waals surface area contributed by atoms with Crippen molar-refractivity contribution in [1.82, 2.24) is 0 Å². The molecule has 34 heavy (non-hydrogen) atoms. The average Bonchev–Trinajstić information content (AvgIpc) is 3.32. The van der Waals surface area contributed by atoms with Gasteiger partial charge in [-0.05, 0) is 43.5 Å². The summed E-state index contributed by atoms with van der Waals surface area (Å²) in [6.45, 7) is 9.16. The van der Waals surface area contributed by atoms with Crippen molar-refractivity contribution in [1.29, 1.82) is 0 Å². The van der Waals surface area contributed by atoms with Gasteiger partial charge in [0.2, 0.25) is 5.69 Å². The average molecular weight is 493 g/mol. The smallest absolute Gasteiger partial charge is 0.209 e. The van der Waals surface area contributed by atoms with Crippen molar-refractivity contribution in [3.05, 3.63) is 95.2 Å². The molecule has 0 aromatic heterocycles. The molecule has 2 aliphatic heterocycles. The standard InChI is InChI=1S/C30H33Cl2N2/c1-28(2)21-11-7-9-13-24(21)33(5)26(28)17-15-20(23-19-30(23,31)32)16-18-27-29(3,4)22-12-8-10-14-25(22)34(27)6/h7-18,23H,19H2,1-6H3/q+1. The zero-order chi connectivity index (χ0) is 24.5. The number of fused-ring (bicyclic) bond motifs is 2. The van der Waals surface area contributed by atoms with Crippen LogP contribution in [0.1, 0.15) is 45.2 Å². The fourth-order valence-electron chi connectivity index (χ4n) is 5.82. The van der Waals surface area contributed by atoms with Gasteiger partial charge in [0.25, 0.3) is 0 Å². The molecular weight excluding hydrogens is 459 g/mol. The van der Waals surface area contributed by atoms with E-state index in [1.165, 1.54) is 39.5 Å². The van der Waals surface area contributed by atoms with Crippen molar-refractivity contribution in [2.24, 2.45) is 5.92 Å². The van der Waals surface area contributed by atoms with Crippen LogP contribution in [0.15, 0.2) is 84.1 Å². The van der Waals surface area contributed by atoms with Crippen LogP contribution in [0.5, 0.6) is 0 Å². The molecule has 4 heteroatoms. The quantitative estimate of drug-likeness (QED) is 0.241. The number of allylic oxidation sites excluding steroid dienone is 6. The van der Waals surface area contributed by atoms with Crippen LogP contribution in [0, 0.1) is 5.92 Å². The number of anilines is 1. The predicted octanol–water partition coefficient (Wildman–Crippen LogP) is 7.68. The van der Waals surface area contributed by atoms with Crippen LogP contribution in [-0.2, 0) is 10.8 Å². The van der Waals surface area contributed by atoms with Crippen LogP contribution >= 0.6 is 23.2 Å². The lowest BCUT2D eigenvalue weighted by Crippen LogP contribution is -2.26. The number of hydrogen-bond acceptors (Lipinski definition) is 1. The van der Waals surface area contributed by atoms with E-state index >= 15 is 0 Å². The molecule has 0 radical (unpaired) electrons. The summed E-state index contributed by atoms with van der Waals surface area (Å²) in [6, 6.07) is 17.3. The Hall–Kier alpha value is -2.29. The van der Waals surface area contributed by atoms with Gasteiger partial charge >= 0.3 is 0 Å². The number of likely N-dealkylation sites (N-methyl/N-ethyl adjacent to an activating group) is 1. The Morgan fingerprint density at radius 2 is 1.59 bits per heavy atom. The number of nitrogens with zero attached hydrogens (tertiary/aromatic N) is 2. The van der Waals surface area contributed by atoms with Crippen molar-refractivity contribution in [3.63, 3.8) is 0 Å². The second kappa shape index (κ2) is 7.86. The van der Waals surface area contributed by atoms with Gasteiger partial charge in [0.1, 0.15) is 11.4 Å². The Kier molecular flexibility index (Phi) is 5.42. The van der Waals surface area contributed by atoms with E-state index in [2.05, 4.69) is 124 Å². The molecule has 1 fully saturated rings. The zero-order valence-corrected chi connectivity index (χ0v) is 22.4. The van der Waals surface area contributed by atoms with E-state index in [1.54, 1.807) is 0 Å². The Bertz CT molecular complexity index is 1290. The van der Waals surface area contributed by atoms with Crippen LogP contribution in [0.25, 0.3) is 0 Å². The third-order valence-electron chi connectivity index (χ3n) is 7.98. The summed E-state index contributed by atoms with van der Waals surface area (Å²) in [6.07, 6.45) is 9.74. The summed E-state index contributed by atoms with van der Waals surface area (Å²) < 4.78 is 1.62. The van der Waals surface area contributed by atoms with Gasteiger partial charge in [-0.15, -0.1) is 23.2 Å². The zero-order valence-electron chi connectivity index (χ0n) is 20.9. The van der Waals surface area contributed by atoms with E-state index in [-0.39, 0.29) is 16.7 Å². The molecule has 1 unspecified atom stereocenters. The van der Waals surface area contributed by atoms with Crippen molar-refractivity contribution >= 4 is 40.3 Å². The molecule has 3 aliphatic rings. The van der Waals surface area contributed by atoms with Crippen molar-refractivity contribution in [2.45, 2.75) is 49.3 Å². The summed E-state index contributed by atoms with van der Waals surface area (Å²) in [7, 11) is 4.30. The molecule has 2 heterocycles. The maximum Gasteiger partial charge on any atom is 0.209 e. The Morgan fingerprint density at radius 1 is 0.971 bits per heavy atom. The molecule has 0 saturated heterocycles. The molecule has 2 aromatic carbocycles. The first kappa shape index (κ1) is 23.5. The van der Waals surface area contributed by atoms with Crippen LogP contribution in [0.3, 0.4) is 0 Å². The topological polar surface area (TPSA) is 6.25 Å². The molecule has 176 valence electrons. The van der Waals surface area contributed by atoms with E-state index in [9.17, 15) is 0 Å². The van der Waals surface area contributed by atoms with Gasteiger partial charge in [-0.1, -0.05) is 62.4 Å². The van der Waals surface area contributed by atoms with E-state index in [1.807, 2.05) is 0 Å². The highest BCUT2D eigenvalue weighted by molar-refractivity contribution is 6.51. The Balaban J connectivity index is 1.53. The lowest BCUT2D eigenvalue weighted by Gasteiger charge is -2.24. The first-order chi connectivity index (χ1) is 16.0. The predicted molar refractivity (Wildman–Crippen MR) is 146 cm³/mol. The van der Waals surface area contributed by atoms with Gasteiger partial charge in [-0.25, -0.2) is 0 Å². The number of alkyl halides is 2. The van der Waals surface area contributed by atoms with Gasteiger partial charge in [0.15, 0.2) is 5.71 Å². The first-order valence-electron chi connectivity index (χ1n) is 12.0. The van der Waals surface area contributed by atoms with Crippen LogP contribution in [0.4, 0.5) is 11.4 Å². The Labute approximate surface area is 213 Å². The van der Waals surface area contributed by atoms with Gasteiger partial charge < -0.3 is 4.90 Å². The highest BCUT2D eigenvalue weighted by Gasteiger charge is 2.53. The fraction of sp³-hybridized carbons (Fsp3) is 0.367. The van der Waals surface area contributed by atoms with Crippen molar-refractivity contribution in [2.75, 3.05) is 19.0 Å². The lowest BCUT2D eigenvalue weighted by atomic mass is 9.81.